The molecule has 4 nitrogen and oxygen atoms in total. The zero-order valence-electron chi connectivity index (χ0n) is 16.9. The van der Waals surface area contributed by atoms with Gasteiger partial charge in [-0.2, -0.15) is 0 Å². The summed E-state index contributed by atoms with van der Waals surface area (Å²) in [6.07, 6.45) is 8.13. The number of halogens is 2. The van der Waals surface area contributed by atoms with Crippen molar-refractivity contribution in [2.75, 3.05) is 5.32 Å². The van der Waals surface area contributed by atoms with E-state index in [-0.39, 0.29) is 5.82 Å². The number of hydrogen-bond acceptors (Lipinski definition) is 4. The molecule has 4 rings (SSSR count). The Hall–Kier alpha value is -3.31. The van der Waals surface area contributed by atoms with E-state index in [1.807, 2.05) is 42.6 Å². The van der Waals surface area contributed by atoms with Crippen LogP contribution in [0.3, 0.4) is 0 Å². The average Bonchev–Trinajstić information content (AvgIpc) is 2.80. The third-order valence-corrected chi connectivity index (χ3v) is 5.22. The summed E-state index contributed by atoms with van der Waals surface area (Å²) in [7, 11) is 0. The molecule has 0 aliphatic carbocycles. The van der Waals surface area contributed by atoms with Crippen molar-refractivity contribution in [1.82, 2.24) is 15.0 Å². The molecular formula is C25H22ClFN4. The van der Waals surface area contributed by atoms with Crippen LogP contribution >= 0.6 is 11.6 Å². The van der Waals surface area contributed by atoms with Crippen LogP contribution in [0.1, 0.15) is 23.2 Å². The normalized spacial score (nSPS) is 10.8. The van der Waals surface area contributed by atoms with Crippen LogP contribution in [-0.2, 0) is 19.4 Å². The zero-order chi connectivity index (χ0) is 21.5. The van der Waals surface area contributed by atoms with Gasteiger partial charge in [-0.15, -0.1) is 0 Å². The quantitative estimate of drug-likeness (QED) is 0.364. The molecule has 31 heavy (non-hydrogen) atoms. The Kier molecular flexibility index (Phi) is 6.85. The van der Waals surface area contributed by atoms with Crippen LogP contribution in [0.25, 0.3) is 11.3 Å². The predicted octanol–water partition coefficient (Wildman–Crippen LogP) is 6.12. The van der Waals surface area contributed by atoms with E-state index in [9.17, 15) is 4.39 Å². The lowest BCUT2D eigenvalue weighted by Crippen LogP contribution is -2.02. The summed E-state index contributed by atoms with van der Waals surface area (Å²) in [6, 6.07) is 18.3. The maximum atomic E-state index is 13.4. The highest BCUT2D eigenvalue weighted by molar-refractivity contribution is 6.33. The van der Waals surface area contributed by atoms with Gasteiger partial charge in [-0.25, -0.2) is 9.37 Å². The lowest BCUT2D eigenvalue weighted by atomic mass is 10.1. The molecule has 3 aromatic heterocycles. The Bertz CT molecular complexity index is 1150. The van der Waals surface area contributed by atoms with E-state index in [0.29, 0.717) is 17.4 Å². The van der Waals surface area contributed by atoms with E-state index in [4.69, 9.17) is 11.6 Å². The van der Waals surface area contributed by atoms with E-state index in [0.717, 1.165) is 41.8 Å². The number of nitrogens with one attached hydrogen (secondary N) is 1. The number of nitrogens with zero attached hydrogens (tertiary/aromatic N) is 3. The number of anilines is 1. The largest absolute Gasteiger partial charge is 0.366 e. The Morgan fingerprint density at radius 3 is 2.61 bits per heavy atom. The van der Waals surface area contributed by atoms with Gasteiger partial charge >= 0.3 is 0 Å². The number of pyridine rings is 3. The first-order chi connectivity index (χ1) is 15.2. The standard InChI is InChI=1S/C25H22ClFN4/c26-23-17-29-21(9-2-5-18-7-4-12-28-15-18)14-22(23)24-10-3-11-25(31-24)30-16-19-6-1-8-20(27)13-19/h1,3-4,6-8,10-15,17H,2,5,9,16H2,(H,30,31). The van der Waals surface area contributed by atoms with Crippen molar-refractivity contribution in [2.24, 2.45) is 0 Å². The fraction of sp³-hybridized carbons (Fsp3) is 0.160. The fourth-order valence-electron chi connectivity index (χ4n) is 3.36. The molecule has 0 aliphatic heterocycles. The molecule has 0 aliphatic rings. The molecule has 0 saturated heterocycles. The molecule has 0 atom stereocenters. The summed E-state index contributed by atoms with van der Waals surface area (Å²) in [5.41, 5.74) is 4.66. The van der Waals surface area contributed by atoms with Gasteiger partial charge in [-0.1, -0.05) is 35.9 Å². The van der Waals surface area contributed by atoms with Crippen LogP contribution in [0.4, 0.5) is 10.2 Å². The van der Waals surface area contributed by atoms with Crippen LogP contribution in [0, 0.1) is 5.82 Å². The second-order valence-electron chi connectivity index (χ2n) is 7.26. The molecule has 3 heterocycles. The molecule has 4 aromatic rings. The smallest absolute Gasteiger partial charge is 0.126 e. The third-order valence-electron chi connectivity index (χ3n) is 4.92. The van der Waals surface area contributed by atoms with Gasteiger partial charge in [0, 0.05) is 36.4 Å². The second kappa shape index (κ2) is 10.1. The minimum absolute atomic E-state index is 0.249. The van der Waals surface area contributed by atoms with Gasteiger partial charge in [0.2, 0.25) is 0 Å². The second-order valence-corrected chi connectivity index (χ2v) is 7.67. The lowest BCUT2D eigenvalue weighted by Gasteiger charge is -2.10. The van der Waals surface area contributed by atoms with Crippen molar-refractivity contribution in [2.45, 2.75) is 25.8 Å². The van der Waals surface area contributed by atoms with Crippen LogP contribution in [0.2, 0.25) is 5.02 Å². The highest BCUT2D eigenvalue weighted by Crippen LogP contribution is 2.28. The summed E-state index contributed by atoms with van der Waals surface area (Å²) < 4.78 is 13.4. The molecule has 1 N–H and O–H groups in total. The minimum Gasteiger partial charge on any atom is -0.366 e. The molecule has 0 unspecified atom stereocenters. The van der Waals surface area contributed by atoms with Gasteiger partial charge in [0.05, 0.1) is 10.7 Å². The molecule has 0 saturated carbocycles. The van der Waals surface area contributed by atoms with E-state index >= 15 is 0 Å². The van der Waals surface area contributed by atoms with Gasteiger partial charge in [-0.3, -0.25) is 9.97 Å². The van der Waals surface area contributed by atoms with Crippen molar-refractivity contribution in [3.8, 4) is 11.3 Å². The molecule has 0 bridgehead atoms. The SMILES string of the molecule is Fc1cccc(CNc2cccc(-c3cc(CCCc4cccnc4)ncc3Cl)n2)c1. The number of rotatable bonds is 8. The fourth-order valence-corrected chi connectivity index (χ4v) is 3.56. The van der Waals surface area contributed by atoms with Crippen LogP contribution < -0.4 is 5.32 Å². The Balaban J connectivity index is 1.44. The van der Waals surface area contributed by atoms with Crippen molar-refractivity contribution < 1.29 is 4.39 Å². The first-order valence-electron chi connectivity index (χ1n) is 10.2. The van der Waals surface area contributed by atoms with E-state index in [1.54, 1.807) is 18.5 Å². The summed E-state index contributed by atoms with van der Waals surface area (Å²) in [5, 5.41) is 3.80. The number of benzene rings is 1. The van der Waals surface area contributed by atoms with Gasteiger partial charge in [-0.05, 0) is 66.8 Å². The summed E-state index contributed by atoms with van der Waals surface area (Å²) >= 11 is 6.43. The van der Waals surface area contributed by atoms with E-state index < -0.39 is 0 Å². The topological polar surface area (TPSA) is 50.7 Å². The van der Waals surface area contributed by atoms with Gasteiger partial charge in [0.1, 0.15) is 11.6 Å². The summed E-state index contributed by atoms with van der Waals surface area (Å²) in [6.45, 7) is 0.484. The average molecular weight is 433 g/mol. The molecule has 0 spiro atoms. The van der Waals surface area contributed by atoms with E-state index in [2.05, 4.69) is 26.3 Å². The monoisotopic (exact) mass is 432 g/mol. The lowest BCUT2D eigenvalue weighted by molar-refractivity contribution is 0.626. The third kappa shape index (κ3) is 5.86. The summed E-state index contributed by atoms with van der Waals surface area (Å²) in [4.78, 5) is 13.3. The van der Waals surface area contributed by atoms with Crippen molar-refractivity contribution in [1.29, 1.82) is 0 Å². The van der Waals surface area contributed by atoms with Gasteiger partial charge < -0.3 is 5.32 Å². The highest BCUT2D eigenvalue weighted by atomic mass is 35.5. The molecule has 6 heteroatoms. The first-order valence-corrected chi connectivity index (χ1v) is 10.5. The number of aryl methyl sites for hydroxylation is 2. The molecule has 0 amide bonds. The minimum atomic E-state index is -0.249. The Morgan fingerprint density at radius 1 is 0.903 bits per heavy atom. The predicted molar refractivity (Wildman–Crippen MR) is 122 cm³/mol. The number of aromatic nitrogens is 3. The first kappa shape index (κ1) is 20.9. The van der Waals surface area contributed by atoms with Gasteiger partial charge in [0.15, 0.2) is 0 Å². The Labute approximate surface area is 186 Å². The maximum absolute atomic E-state index is 13.4. The zero-order valence-corrected chi connectivity index (χ0v) is 17.7. The maximum Gasteiger partial charge on any atom is 0.126 e. The van der Waals surface area contributed by atoms with Crippen LogP contribution in [0.15, 0.2) is 79.3 Å². The molecular weight excluding hydrogens is 411 g/mol. The highest BCUT2D eigenvalue weighted by Gasteiger charge is 2.09. The summed E-state index contributed by atoms with van der Waals surface area (Å²) in [5.74, 6) is 0.452. The molecule has 156 valence electrons. The van der Waals surface area contributed by atoms with Crippen molar-refractivity contribution >= 4 is 17.4 Å². The number of hydrogen-bond donors (Lipinski definition) is 1. The molecule has 0 fully saturated rings. The Morgan fingerprint density at radius 2 is 1.77 bits per heavy atom. The van der Waals surface area contributed by atoms with Crippen molar-refractivity contribution in [3.63, 3.8) is 0 Å². The van der Waals surface area contributed by atoms with Crippen LogP contribution in [-0.4, -0.2) is 15.0 Å². The molecule has 0 radical (unpaired) electrons. The van der Waals surface area contributed by atoms with Crippen LogP contribution in [0.5, 0.6) is 0 Å². The van der Waals surface area contributed by atoms with E-state index in [1.165, 1.54) is 17.7 Å². The molecule has 1 aromatic carbocycles. The van der Waals surface area contributed by atoms with Gasteiger partial charge in [0.25, 0.3) is 0 Å². The van der Waals surface area contributed by atoms with Crippen molar-refractivity contribution in [3.05, 3.63) is 107 Å².